The fourth-order valence-electron chi connectivity index (χ4n) is 3.46. The van der Waals surface area contributed by atoms with Crippen LogP contribution in [0.3, 0.4) is 0 Å². The lowest BCUT2D eigenvalue weighted by Gasteiger charge is -2.29. The molecule has 1 aromatic heterocycles. The molecule has 0 radical (unpaired) electrons. The Bertz CT molecular complexity index is 955. The van der Waals surface area contributed by atoms with Crippen LogP contribution in [0.4, 0.5) is 11.4 Å². The first-order chi connectivity index (χ1) is 14.0. The number of hydrogen-bond acceptors (Lipinski definition) is 6. The predicted molar refractivity (Wildman–Crippen MR) is 101 cm³/mol. The quantitative estimate of drug-likeness (QED) is 0.759. The summed E-state index contributed by atoms with van der Waals surface area (Å²) in [5.74, 6) is -1.61. The molecule has 29 heavy (non-hydrogen) atoms. The number of ether oxygens (including phenoxy) is 1. The lowest BCUT2D eigenvalue weighted by atomic mass is 10.1. The van der Waals surface area contributed by atoms with Crippen molar-refractivity contribution in [3.8, 4) is 0 Å². The minimum absolute atomic E-state index is 0.0304. The highest BCUT2D eigenvalue weighted by Gasteiger charge is 2.36. The maximum absolute atomic E-state index is 12.5. The fourth-order valence-corrected chi connectivity index (χ4v) is 3.46. The Morgan fingerprint density at radius 2 is 2.00 bits per heavy atom. The summed E-state index contributed by atoms with van der Waals surface area (Å²) in [5.41, 5.74) is 1.08. The number of fused-ring (bicyclic) bond motifs is 1. The minimum atomic E-state index is -0.637. The Morgan fingerprint density at radius 1 is 1.17 bits per heavy atom. The normalized spacial score (nSPS) is 18.4. The standard InChI is InChI=1S/C20H19N3O6/c24-17-11-23(16-6-2-1-5-15(16)21-17)19(26)12-29-20(27)13-8-18(25)22(9-13)10-14-4-3-7-28-14/h1-7,13H,8-12H2,(H,21,24)/t13-/m1/s1. The number of furan rings is 1. The molecule has 9 heteroatoms. The van der Waals surface area contributed by atoms with Gasteiger partial charge in [0.25, 0.3) is 5.91 Å². The van der Waals surface area contributed by atoms with Crippen LogP contribution in [-0.2, 0) is 30.5 Å². The van der Waals surface area contributed by atoms with Gasteiger partial charge in [-0.1, -0.05) is 12.1 Å². The van der Waals surface area contributed by atoms with Crippen molar-refractivity contribution in [3.05, 3.63) is 48.4 Å². The average molecular weight is 397 g/mol. The number of nitrogens with one attached hydrogen (secondary N) is 1. The van der Waals surface area contributed by atoms with E-state index < -0.39 is 24.4 Å². The number of nitrogens with zero attached hydrogens (tertiary/aromatic N) is 2. The molecular formula is C20H19N3O6. The Kier molecular flexibility index (Phi) is 5.03. The van der Waals surface area contributed by atoms with E-state index in [4.69, 9.17) is 9.15 Å². The Morgan fingerprint density at radius 3 is 2.79 bits per heavy atom. The number of anilines is 2. The van der Waals surface area contributed by atoms with E-state index in [-0.39, 0.29) is 37.9 Å². The predicted octanol–water partition coefficient (Wildman–Crippen LogP) is 1.16. The molecule has 1 N–H and O–H groups in total. The summed E-state index contributed by atoms with van der Waals surface area (Å²) in [6.07, 6.45) is 1.55. The van der Waals surface area contributed by atoms with Crippen LogP contribution in [0.5, 0.6) is 0 Å². The molecule has 1 atom stereocenters. The smallest absolute Gasteiger partial charge is 0.311 e. The number of carbonyl (C=O) groups excluding carboxylic acids is 4. The minimum Gasteiger partial charge on any atom is -0.467 e. The zero-order chi connectivity index (χ0) is 20.4. The molecular weight excluding hydrogens is 378 g/mol. The number of likely N-dealkylation sites (tertiary alicyclic amines) is 1. The number of rotatable bonds is 5. The zero-order valence-corrected chi connectivity index (χ0v) is 15.5. The number of amides is 3. The lowest BCUT2D eigenvalue weighted by molar-refractivity contribution is -0.151. The highest BCUT2D eigenvalue weighted by atomic mass is 16.5. The molecule has 2 aliphatic rings. The maximum atomic E-state index is 12.5. The summed E-state index contributed by atoms with van der Waals surface area (Å²) in [7, 11) is 0. The van der Waals surface area contributed by atoms with Crippen molar-refractivity contribution in [1.82, 2.24) is 4.90 Å². The van der Waals surface area contributed by atoms with Gasteiger partial charge in [0.15, 0.2) is 6.61 Å². The highest BCUT2D eigenvalue weighted by molar-refractivity contribution is 6.10. The van der Waals surface area contributed by atoms with Crippen LogP contribution < -0.4 is 10.2 Å². The van der Waals surface area contributed by atoms with Crippen LogP contribution in [-0.4, -0.2) is 48.3 Å². The third-order valence-electron chi connectivity index (χ3n) is 4.88. The first-order valence-electron chi connectivity index (χ1n) is 9.17. The lowest BCUT2D eigenvalue weighted by Crippen LogP contribution is -2.44. The maximum Gasteiger partial charge on any atom is 0.311 e. The van der Waals surface area contributed by atoms with E-state index in [0.29, 0.717) is 17.1 Å². The Balaban J connectivity index is 1.33. The topological polar surface area (TPSA) is 109 Å². The SMILES string of the molecule is O=C1CN(C(=O)COC(=O)[C@@H]2CC(=O)N(Cc3ccco3)C2)c2ccccc2N1. The van der Waals surface area contributed by atoms with Gasteiger partial charge in [-0.25, -0.2) is 0 Å². The van der Waals surface area contributed by atoms with E-state index in [1.807, 2.05) is 0 Å². The molecule has 0 spiro atoms. The van der Waals surface area contributed by atoms with Gasteiger partial charge in [0.1, 0.15) is 12.3 Å². The molecule has 3 amide bonds. The number of para-hydroxylation sites is 2. The summed E-state index contributed by atoms with van der Waals surface area (Å²) in [6, 6.07) is 10.4. The van der Waals surface area contributed by atoms with Crippen molar-refractivity contribution in [2.75, 3.05) is 29.9 Å². The average Bonchev–Trinajstić information content (AvgIpc) is 3.35. The van der Waals surface area contributed by atoms with Gasteiger partial charge in [-0.2, -0.15) is 0 Å². The van der Waals surface area contributed by atoms with Crippen LogP contribution in [0.25, 0.3) is 0 Å². The molecule has 1 fully saturated rings. The monoisotopic (exact) mass is 397 g/mol. The van der Waals surface area contributed by atoms with Crippen molar-refractivity contribution < 1.29 is 28.3 Å². The Hall–Kier alpha value is -3.62. The zero-order valence-electron chi connectivity index (χ0n) is 15.5. The first-order valence-corrected chi connectivity index (χ1v) is 9.17. The molecule has 2 aromatic rings. The molecule has 150 valence electrons. The van der Waals surface area contributed by atoms with Crippen LogP contribution in [0.1, 0.15) is 12.2 Å². The summed E-state index contributed by atoms with van der Waals surface area (Å²) < 4.78 is 10.4. The molecule has 0 bridgehead atoms. The third-order valence-corrected chi connectivity index (χ3v) is 4.88. The molecule has 1 aromatic carbocycles. The third kappa shape index (κ3) is 3.98. The largest absolute Gasteiger partial charge is 0.467 e. The number of benzene rings is 1. The summed E-state index contributed by atoms with van der Waals surface area (Å²) >= 11 is 0. The van der Waals surface area contributed by atoms with E-state index in [1.54, 1.807) is 36.4 Å². The van der Waals surface area contributed by atoms with Gasteiger partial charge in [0.2, 0.25) is 11.8 Å². The molecule has 0 saturated carbocycles. The number of carbonyl (C=O) groups is 4. The number of esters is 1. The van der Waals surface area contributed by atoms with Gasteiger partial charge in [0, 0.05) is 13.0 Å². The van der Waals surface area contributed by atoms with Crippen molar-refractivity contribution >= 4 is 35.1 Å². The molecule has 0 aliphatic carbocycles. The van der Waals surface area contributed by atoms with Gasteiger partial charge in [-0.15, -0.1) is 0 Å². The van der Waals surface area contributed by atoms with Crippen molar-refractivity contribution in [3.63, 3.8) is 0 Å². The van der Waals surface area contributed by atoms with E-state index in [1.165, 1.54) is 16.1 Å². The molecule has 1 saturated heterocycles. The van der Waals surface area contributed by atoms with Gasteiger partial charge < -0.3 is 19.4 Å². The van der Waals surface area contributed by atoms with Crippen molar-refractivity contribution in [1.29, 1.82) is 0 Å². The molecule has 9 nitrogen and oxygen atoms in total. The van der Waals surface area contributed by atoms with E-state index >= 15 is 0 Å². The molecule has 3 heterocycles. The van der Waals surface area contributed by atoms with Gasteiger partial charge >= 0.3 is 5.97 Å². The second-order valence-corrected chi connectivity index (χ2v) is 6.91. The van der Waals surface area contributed by atoms with Crippen molar-refractivity contribution in [2.45, 2.75) is 13.0 Å². The summed E-state index contributed by atoms with van der Waals surface area (Å²) in [6.45, 7) is -0.148. The van der Waals surface area contributed by atoms with E-state index in [0.717, 1.165) is 0 Å². The molecule has 0 unspecified atom stereocenters. The molecule has 2 aliphatic heterocycles. The summed E-state index contributed by atoms with van der Waals surface area (Å²) in [4.78, 5) is 51.7. The second kappa shape index (κ2) is 7.78. The fraction of sp³-hybridized carbons (Fsp3) is 0.300. The molecule has 4 rings (SSSR count). The van der Waals surface area contributed by atoms with Crippen molar-refractivity contribution in [2.24, 2.45) is 5.92 Å². The first kappa shape index (κ1) is 18.7. The highest BCUT2D eigenvalue weighted by Crippen LogP contribution is 2.29. The van der Waals surface area contributed by atoms with Crippen LogP contribution in [0.2, 0.25) is 0 Å². The van der Waals surface area contributed by atoms with Crippen LogP contribution >= 0.6 is 0 Å². The van der Waals surface area contributed by atoms with Gasteiger partial charge in [0.05, 0.1) is 30.1 Å². The number of hydrogen-bond donors (Lipinski definition) is 1. The van der Waals surface area contributed by atoms with Gasteiger partial charge in [-0.05, 0) is 24.3 Å². The van der Waals surface area contributed by atoms with Crippen LogP contribution in [0.15, 0.2) is 47.1 Å². The van der Waals surface area contributed by atoms with Crippen LogP contribution in [0, 0.1) is 5.92 Å². The second-order valence-electron chi connectivity index (χ2n) is 6.91. The summed E-state index contributed by atoms with van der Waals surface area (Å²) in [5, 5.41) is 2.69. The van der Waals surface area contributed by atoms with E-state index in [9.17, 15) is 19.2 Å². The van der Waals surface area contributed by atoms with Gasteiger partial charge in [-0.3, -0.25) is 24.1 Å². The van der Waals surface area contributed by atoms with E-state index in [2.05, 4.69) is 5.32 Å². The Labute approximate surface area is 166 Å².